The van der Waals surface area contributed by atoms with Crippen LogP contribution in [0.25, 0.3) is 0 Å². The van der Waals surface area contributed by atoms with Crippen LogP contribution in [0.2, 0.25) is 5.02 Å². The predicted molar refractivity (Wildman–Crippen MR) is 85.9 cm³/mol. The Bertz CT molecular complexity index is 645. The summed E-state index contributed by atoms with van der Waals surface area (Å²) >= 11 is 6.00. The molecule has 22 heavy (non-hydrogen) atoms. The molecule has 1 heterocycles. The average Bonchev–Trinajstić information content (AvgIpc) is 2.84. The van der Waals surface area contributed by atoms with Crippen molar-refractivity contribution in [1.29, 1.82) is 0 Å². The van der Waals surface area contributed by atoms with E-state index in [4.69, 9.17) is 16.3 Å². The zero-order valence-electron chi connectivity index (χ0n) is 12.5. The standard InChI is InChI=1S/C15H20ClNO4S/c1-21-14-6-5-12(10-13(14)16)11-22(19,20)9-3-8-17-7-2-4-15(17)18/h5-6,10H,2-4,7-9,11H2,1H3. The summed E-state index contributed by atoms with van der Waals surface area (Å²) in [4.78, 5) is 13.2. The Hall–Kier alpha value is -1.27. The maximum absolute atomic E-state index is 12.1. The molecule has 5 nitrogen and oxygen atoms in total. The van der Waals surface area contributed by atoms with E-state index < -0.39 is 9.84 Å². The Morgan fingerprint density at radius 2 is 2.14 bits per heavy atom. The van der Waals surface area contributed by atoms with E-state index in [1.54, 1.807) is 23.1 Å². The third-order valence-electron chi connectivity index (χ3n) is 3.66. The molecule has 0 aromatic heterocycles. The molecule has 122 valence electrons. The lowest BCUT2D eigenvalue weighted by Gasteiger charge is -2.15. The summed E-state index contributed by atoms with van der Waals surface area (Å²) in [5, 5.41) is 0.401. The number of ether oxygens (including phenoxy) is 1. The van der Waals surface area contributed by atoms with Gasteiger partial charge in [0.05, 0.1) is 23.6 Å². The number of nitrogens with zero attached hydrogens (tertiary/aromatic N) is 1. The monoisotopic (exact) mass is 345 g/mol. The second-order valence-electron chi connectivity index (χ2n) is 5.40. The molecular formula is C15H20ClNO4S. The van der Waals surface area contributed by atoms with Gasteiger partial charge in [-0.25, -0.2) is 8.42 Å². The highest BCUT2D eigenvalue weighted by molar-refractivity contribution is 7.90. The lowest BCUT2D eigenvalue weighted by atomic mass is 10.2. The normalized spacial score (nSPS) is 15.4. The van der Waals surface area contributed by atoms with Crippen LogP contribution in [0.1, 0.15) is 24.8 Å². The van der Waals surface area contributed by atoms with Gasteiger partial charge in [0.2, 0.25) is 5.91 Å². The van der Waals surface area contributed by atoms with Crippen LogP contribution >= 0.6 is 11.6 Å². The molecule has 1 aliphatic rings. The second kappa shape index (κ2) is 7.33. The number of hydrogen-bond acceptors (Lipinski definition) is 4. The quantitative estimate of drug-likeness (QED) is 0.760. The molecule has 0 radical (unpaired) electrons. The Morgan fingerprint density at radius 3 is 2.73 bits per heavy atom. The molecule has 0 bridgehead atoms. The molecule has 1 aromatic rings. The van der Waals surface area contributed by atoms with E-state index in [1.165, 1.54) is 7.11 Å². The minimum absolute atomic E-state index is 0.0509. The van der Waals surface area contributed by atoms with Crippen LogP contribution in [0.4, 0.5) is 0 Å². The number of benzene rings is 1. The lowest BCUT2D eigenvalue weighted by molar-refractivity contribution is -0.127. The Kier molecular flexibility index (Phi) is 5.69. The first-order valence-electron chi connectivity index (χ1n) is 7.22. The van der Waals surface area contributed by atoms with Gasteiger partial charge in [-0.1, -0.05) is 17.7 Å². The number of carbonyl (C=O) groups excluding carboxylic acids is 1. The smallest absolute Gasteiger partial charge is 0.222 e. The summed E-state index contributed by atoms with van der Waals surface area (Å²) in [6, 6.07) is 4.98. The predicted octanol–water partition coefficient (Wildman–Crippen LogP) is 2.28. The molecule has 0 saturated carbocycles. The maximum atomic E-state index is 12.1. The minimum Gasteiger partial charge on any atom is -0.495 e. The number of halogens is 1. The van der Waals surface area contributed by atoms with Crippen LogP contribution in [0.15, 0.2) is 18.2 Å². The van der Waals surface area contributed by atoms with Gasteiger partial charge in [-0.3, -0.25) is 4.79 Å². The van der Waals surface area contributed by atoms with Gasteiger partial charge in [-0.15, -0.1) is 0 Å². The summed E-state index contributed by atoms with van der Waals surface area (Å²) in [6.45, 7) is 1.26. The fourth-order valence-electron chi connectivity index (χ4n) is 2.54. The van der Waals surface area contributed by atoms with E-state index in [2.05, 4.69) is 0 Å². The van der Waals surface area contributed by atoms with Crippen molar-refractivity contribution < 1.29 is 17.9 Å². The van der Waals surface area contributed by atoms with Gasteiger partial charge in [0.1, 0.15) is 5.75 Å². The van der Waals surface area contributed by atoms with Crippen molar-refractivity contribution in [3.05, 3.63) is 28.8 Å². The molecule has 0 aliphatic carbocycles. The topological polar surface area (TPSA) is 63.7 Å². The zero-order chi connectivity index (χ0) is 16.2. The van der Waals surface area contributed by atoms with Crippen LogP contribution in [-0.4, -0.2) is 45.2 Å². The third kappa shape index (κ3) is 4.61. The molecule has 0 N–H and O–H groups in total. The fourth-order valence-corrected chi connectivity index (χ4v) is 4.22. The summed E-state index contributed by atoms with van der Waals surface area (Å²) in [6.07, 6.45) is 1.92. The molecule has 0 unspecified atom stereocenters. The molecule has 1 aliphatic heterocycles. The van der Waals surface area contributed by atoms with Crippen molar-refractivity contribution >= 4 is 27.3 Å². The van der Waals surface area contributed by atoms with Gasteiger partial charge in [-0.2, -0.15) is 0 Å². The number of amides is 1. The van der Waals surface area contributed by atoms with Crippen molar-refractivity contribution in [1.82, 2.24) is 4.90 Å². The second-order valence-corrected chi connectivity index (χ2v) is 7.99. The van der Waals surface area contributed by atoms with E-state index in [0.717, 1.165) is 13.0 Å². The molecule has 1 amide bonds. The summed E-state index contributed by atoms with van der Waals surface area (Å²) in [5.74, 6) is 0.667. The lowest BCUT2D eigenvalue weighted by Crippen LogP contribution is -2.27. The molecule has 2 rings (SSSR count). The summed E-state index contributed by atoms with van der Waals surface area (Å²) in [7, 11) is -1.71. The highest BCUT2D eigenvalue weighted by Crippen LogP contribution is 2.25. The Balaban J connectivity index is 1.88. The van der Waals surface area contributed by atoms with Gasteiger partial charge < -0.3 is 9.64 Å². The van der Waals surface area contributed by atoms with Gasteiger partial charge >= 0.3 is 0 Å². The summed E-state index contributed by atoms with van der Waals surface area (Å²) < 4.78 is 29.3. The van der Waals surface area contributed by atoms with Crippen molar-refractivity contribution in [3.8, 4) is 5.75 Å². The van der Waals surface area contributed by atoms with E-state index >= 15 is 0 Å². The van der Waals surface area contributed by atoms with Gasteiger partial charge in [-0.05, 0) is 30.5 Å². The maximum Gasteiger partial charge on any atom is 0.222 e. The number of hydrogen-bond donors (Lipinski definition) is 0. The SMILES string of the molecule is COc1ccc(CS(=O)(=O)CCCN2CCCC2=O)cc1Cl. The van der Waals surface area contributed by atoms with Crippen LogP contribution < -0.4 is 4.74 Å². The Labute approximate surface area is 136 Å². The number of methoxy groups -OCH3 is 1. The van der Waals surface area contributed by atoms with E-state index in [9.17, 15) is 13.2 Å². The number of carbonyl (C=O) groups is 1. The van der Waals surface area contributed by atoms with Crippen molar-refractivity contribution in [2.45, 2.75) is 25.0 Å². The van der Waals surface area contributed by atoms with Crippen molar-refractivity contribution in [2.24, 2.45) is 0 Å². The van der Waals surface area contributed by atoms with Gasteiger partial charge in [0.25, 0.3) is 0 Å². The average molecular weight is 346 g/mol. The van der Waals surface area contributed by atoms with E-state index in [1.807, 2.05) is 0 Å². The minimum atomic E-state index is -3.22. The largest absolute Gasteiger partial charge is 0.495 e. The highest BCUT2D eigenvalue weighted by Gasteiger charge is 2.20. The molecule has 7 heteroatoms. The molecule has 0 atom stereocenters. The van der Waals surface area contributed by atoms with Gasteiger partial charge in [0, 0.05) is 19.5 Å². The fraction of sp³-hybridized carbons (Fsp3) is 0.533. The third-order valence-corrected chi connectivity index (χ3v) is 5.64. The van der Waals surface area contributed by atoms with Crippen molar-refractivity contribution in [2.75, 3.05) is 26.0 Å². The summed E-state index contributed by atoms with van der Waals surface area (Å²) in [5.41, 5.74) is 0.642. The van der Waals surface area contributed by atoms with Crippen molar-refractivity contribution in [3.63, 3.8) is 0 Å². The highest BCUT2D eigenvalue weighted by atomic mass is 35.5. The van der Waals surface area contributed by atoms with E-state index in [0.29, 0.717) is 35.7 Å². The van der Waals surface area contributed by atoms with Crippen LogP contribution in [0, 0.1) is 0 Å². The van der Waals surface area contributed by atoms with Crippen LogP contribution in [0.3, 0.4) is 0 Å². The molecule has 1 saturated heterocycles. The van der Waals surface area contributed by atoms with Gasteiger partial charge in [0.15, 0.2) is 9.84 Å². The molecular weight excluding hydrogens is 326 g/mol. The van der Waals surface area contributed by atoms with Crippen LogP contribution in [-0.2, 0) is 20.4 Å². The first-order valence-corrected chi connectivity index (χ1v) is 9.42. The molecule has 1 aromatic carbocycles. The number of sulfone groups is 1. The molecule has 1 fully saturated rings. The van der Waals surface area contributed by atoms with E-state index in [-0.39, 0.29) is 17.4 Å². The molecule has 0 spiro atoms. The zero-order valence-corrected chi connectivity index (χ0v) is 14.1. The first-order chi connectivity index (χ1) is 10.4. The Morgan fingerprint density at radius 1 is 1.36 bits per heavy atom. The van der Waals surface area contributed by atoms with Crippen LogP contribution in [0.5, 0.6) is 5.75 Å². The number of likely N-dealkylation sites (tertiary alicyclic amines) is 1. The number of rotatable bonds is 7. The first kappa shape index (κ1) is 17.1.